The first-order valence-corrected chi connectivity index (χ1v) is 10.3. The number of aromatic nitrogens is 4. The number of hydrogen-bond donors (Lipinski definition) is 1. The predicted octanol–water partition coefficient (Wildman–Crippen LogP) is 3.56. The SMILES string of the molecule is COc1ccccc1-c1nc(N2CCOCC2)nc2nn(-c3ccc(Cl)cc3)c(N)c12. The van der Waals surface area contributed by atoms with Gasteiger partial charge in [-0.15, -0.1) is 5.10 Å². The van der Waals surface area contributed by atoms with Gasteiger partial charge >= 0.3 is 0 Å². The first-order chi connectivity index (χ1) is 15.2. The highest BCUT2D eigenvalue weighted by atomic mass is 35.5. The van der Waals surface area contributed by atoms with Crippen molar-refractivity contribution in [3.63, 3.8) is 0 Å². The van der Waals surface area contributed by atoms with Crippen LogP contribution in [0.15, 0.2) is 48.5 Å². The van der Waals surface area contributed by atoms with Crippen molar-refractivity contribution < 1.29 is 9.47 Å². The number of para-hydroxylation sites is 1. The third-order valence-electron chi connectivity index (χ3n) is 5.28. The summed E-state index contributed by atoms with van der Waals surface area (Å²) in [7, 11) is 1.64. The molecule has 5 rings (SSSR count). The molecular formula is C22H21ClN6O2. The zero-order valence-corrected chi connectivity index (χ0v) is 17.7. The molecule has 0 radical (unpaired) electrons. The summed E-state index contributed by atoms with van der Waals surface area (Å²) < 4.78 is 12.7. The summed E-state index contributed by atoms with van der Waals surface area (Å²) in [5.41, 5.74) is 9.40. The molecular weight excluding hydrogens is 416 g/mol. The van der Waals surface area contributed by atoms with E-state index in [9.17, 15) is 0 Å². The molecule has 0 spiro atoms. The van der Waals surface area contributed by atoms with E-state index in [0.717, 1.165) is 11.3 Å². The summed E-state index contributed by atoms with van der Waals surface area (Å²) in [5.74, 6) is 1.75. The monoisotopic (exact) mass is 436 g/mol. The Bertz CT molecular complexity index is 1230. The van der Waals surface area contributed by atoms with E-state index in [4.69, 9.17) is 41.9 Å². The Morgan fingerprint density at radius 1 is 1.03 bits per heavy atom. The smallest absolute Gasteiger partial charge is 0.228 e. The van der Waals surface area contributed by atoms with Crippen LogP contribution in [0.25, 0.3) is 28.0 Å². The van der Waals surface area contributed by atoms with E-state index >= 15 is 0 Å². The van der Waals surface area contributed by atoms with Gasteiger partial charge in [-0.2, -0.15) is 4.98 Å². The molecule has 1 fully saturated rings. The number of halogens is 1. The Labute approximate surface area is 184 Å². The largest absolute Gasteiger partial charge is 0.496 e. The quantitative estimate of drug-likeness (QED) is 0.523. The summed E-state index contributed by atoms with van der Waals surface area (Å²) >= 11 is 6.05. The van der Waals surface area contributed by atoms with Crippen LogP contribution in [0.1, 0.15) is 0 Å². The number of anilines is 2. The van der Waals surface area contributed by atoms with Crippen molar-refractivity contribution in [3.05, 3.63) is 53.6 Å². The van der Waals surface area contributed by atoms with E-state index in [-0.39, 0.29) is 0 Å². The van der Waals surface area contributed by atoms with Gasteiger partial charge in [-0.3, -0.25) is 0 Å². The highest BCUT2D eigenvalue weighted by Crippen LogP contribution is 2.37. The summed E-state index contributed by atoms with van der Waals surface area (Å²) in [5, 5.41) is 6.03. The minimum absolute atomic E-state index is 0.451. The molecule has 0 saturated carbocycles. The minimum atomic E-state index is 0.451. The average molecular weight is 437 g/mol. The van der Waals surface area contributed by atoms with Crippen LogP contribution in [-0.4, -0.2) is 53.2 Å². The maximum Gasteiger partial charge on any atom is 0.228 e. The molecule has 3 heterocycles. The third-order valence-corrected chi connectivity index (χ3v) is 5.54. The fourth-order valence-corrected chi connectivity index (χ4v) is 3.85. The van der Waals surface area contributed by atoms with E-state index in [0.29, 0.717) is 65.6 Å². The summed E-state index contributed by atoms with van der Waals surface area (Å²) in [6.45, 7) is 2.69. The van der Waals surface area contributed by atoms with Crippen molar-refractivity contribution in [2.75, 3.05) is 44.0 Å². The van der Waals surface area contributed by atoms with Crippen LogP contribution in [0.3, 0.4) is 0 Å². The lowest BCUT2D eigenvalue weighted by atomic mass is 10.1. The molecule has 158 valence electrons. The lowest BCUT2D eigenvalue weighted by molar-refractivity contribution is 0.122. The van der Waals surface area contributed by atoms with Gasteiger partial charge in [0.2, 0.25) is 5.95 Å². The molecule has 0 aliphatic carbocycles. The van der Waals surface area contributed by atoms with E-state index in [1.54, 1.807) is 23.9 Å². The summed E-state index contributed by atoms with van der Waals surface area (Å²) in [4.78, 5) is 11.8. The summed E-state index contributed by atoms with van der Waals surface area (Å²) in [6.07, 6.45) is 0. The van der Waals surface area contributed by atoms with E-state index in [2.05, 4.69) is 4.90 Å². The maximum atomic E-state index is 6.58. The molecule has 1 aliphatic rings. The Hall–Kier alpha value is -3.36. The van der Waals surface area contributed by atoms with Crippen LogP contribution >= 0.6 is 11.6 Å². The molecule has 9 heteroatoms. The number of rotatable bonds is 4. The Kier molecular flexibility index (Phi) is 5.09. The van der Waals surface area contributed by atoms with Crippen LogP contribution in [0.2, 0.25) is 5.02 Å². The number of ether oxygens (including phenoxy) is 2. The lowest BCUT2D eigenvalue weighted by Gasteiger charge is -2.27. The first kappa shape index (κ1) is 19.6. The fourth-order valence-electron chi connectivity index (χ4n) is 3.72. The van der Waals surface area contributed by atoms with Crippen LogP contribution in [0, 0.1) is 0 Å². The average Bonchev–Trinajstić information content (AvgIpc) is 3.16. The normalized spacial score (nSPS) is 14.2. The van der Waals surface area contributed by atoms with Crippen LogP contribution in [-0.2, 0) is 4.74 Å². The van der Waals surface area contributed by atoms with Crippen molar-refractivity contribution in [1.29, 1.82) is 0 Å². The second-order valence-electron chi connectivity index (χ2n) is 7.14. The van der Waals surface area contributed by atoms with Gasteiger partial charge in [0, 0.05) is 23.7 Å². The molecule has 0 unspecified atom stereocenters. The molecule has 8 nitrogen and oxygen atoms in total. The number of benzene rings is 2. The number of nitrogen functional groups attached to an aromatic ring is 1. The number of hydrogen-bond acceptors (Lipinski definition) is 7. The number of nitrogens with zero attached hydrogens (tertiary/aromatic N) is 5. The van der Waals surface area contributed by atoms with Crippen molar-refractivity contribution in [2.24, 2.45) is 0 Å². The maximum absolute atomic E-state index is 6.58. The number of nitrogens with two attached hydrogens (primary N) is 1. The summed E-state index contributed by atoms with van der Waals surface area (Å²) in [6, 6.07) is 15.1. The molecule has 1 saturated heterocycles. The van der Waals surface area contributed by atoms with Crippen LogP contribution < -0.4 is 15.4 Å². The van der Waals surface area contributed by atoms with Crippen molar-refractivity contribution in [1.82, 2.24) is 19.7 Å². The van der Waals surface area contributed by atoms with Crippen LogP contribution in [0.5, 0.6) is 5.75 Å². The van der Waals surface area contributed by atoms with Crippen LogP contribution in [0.4, 0.5) is 11.8 Å². The molecule has 2 aromatic carbocycles. The van der Waals surface area contributed by atoms with Gasteiger partial charge in [-0.1, -0.05) is 23.7 Å². The Balaban J connectivity index is 1.76. The zero-order chi connectivity index (χ0) is 21.4. The molecule has 0 amide bonds. The Morgan fingerprint density at radius 2 is 1.77 bits per heavy atom. The predicted molar refractivity (Wildman–Crippen MR) is 121 cm³/mol. The molecule has 2 N–H and O–H groups in total. The van der Waals surface area contributed by atoms with E-state index in [1.807, 2.05) is 36.4 Å². The highest BCUT2D eigenvalue weighted by molar-refractivity contribution is 6.30. The van der Waals surface area contributed by atoms with Crippen molar-refractivity contribution in [3.8, 4) is 22.7 Å². The topological polar surface area (TPSA) is 91.3 Å². The molecule has 0 bridgehead atoms. The third kappa shape index (κ3) is 3.54. The van der Waals surface area contributed by atoms with Gasteiger partial charge in [0.25, 0.3) is 0 Å². The highest BCUT2D eigenvalue weighted by Gasteiger charge is 2.23. The van der Waals surface area contributed by atoms with Gasteiger partial charge in [0.15, 0.2) is 5.65 Å². The second kappa shape index (κ2) is 8.05. The van der Waals surface area contributed by atoms with Gasteiger partial charge in [-0.05, 0) is 36.4 Å². The van der Waals surface area contributed by atoms with Gasteiger partial charge in [-0.25, -0.2) is 9.67 Å². The van der Waals surface area contributed by atoms with E-state index in [1.165, 1.54) is 0 Å². The zero-order valence-electron chi connectivity index (χ0n) is 17.0. The van der Waals surface area contributed by atoms with Crippen molar-refractivity contribution in [2.45, 2.75) is 0 Å². The lowest BCUT2D eigenvalue weighted by Crippen LogP contribution is -2.37. The molecule has 1 aliphatic heterocycles. The number of fused-ring (bicyclic) bond motifs is 1. The number of morpholine rings is 1. The van der Waals surface area contributed by atoms with E-state index < -0.39 is 0 Å². The standard InChI is InChI=1S/C22H21ClN6O2/c1-30-17-5-3-2-4-16(17)19-18-20(24)29(15-8-6-14(23)7-9-15)27-21(18)26-22(25-19)28-10-12-31-13-11-28/h2-9H,10-13,24H2,1H3. The van der Waals surface area contributed by atoms with Gasteiger partial charge in [0.1, 0.15) is 11.6 Å². The van der Waals surface area contributed by atoms with Gasteiger partial charge in [0.05, 0.1) is 37.1 Å². The molecule has 2 aromatic heterocycles. The number of methoxy groups -OCH3 is 1. The Morgan fingerprint density at radius 3 is 2.52 bits per heavy atom. The molecule has 31 heavy (non-hydrogen) atoms. The van der Waals surface area contributed by atoms with Gasteiger partial charge < -0.3 is 20.1 Å². The first-order valence-electron chi connectivity index (χ1n) is 9.94. The molecule has 0 atom stereocenters. The second-order valence-corrected chi connectivity index (χ2v) is 7.58. The molecule has 4 aromatic rings. The minimum Gasteiger partial charge on any atom is -0.496 e. The fraction of sp³-hybridized carbons (Fsp3) is 0.227. The van der Waals surface area contributed by atoms with Crippen molar-refractivity contribution >= 4 is 34.4 Å².